The lowest BCUT2D eigenvalue weighted by atomic mass is 9.94. The van der Waals surface area contributed by atoms with Crippen LogP contribution in [0.5, 0.6) is 0 Å². The zero-order valence-corrected chi connectivity index (χ0v) is 14.2. The fourth-order valence-corrected chi connectivity index (χ4v) is 5.96. The van der Waals surface area contributed by atoms with E-state index in [4.69, 9.17) is 18.0 Å². The van der Waals surface area contributed by atoms with Crippen LogP contribution in [0.4, 0.5) is 0 Å². The molecule has 0 spiro atoms. The van der Waals surface area contributed by atoms with E-state index in [1.807, 2.05) is 6.92 Å². The van der Waals surface area contributed by atoms with Crippen LogP contribution in [0.1, 0.15) is 26.2 Å². The van der Waals surface area contributed by atoms with Gasteiger partial charge in [-0.2, -0.15) is 0 Å². The zero-order valence-electron chi connectivity index (χ0n) is 13.2. The van der Waals surface area contributed by atoms with Gasteiger partial charge in [-0.05, 0) is 31.4 Å². The van der Waals surface area contributed by atoms with Gasteiger partial charge >= 0.3 is 14.8 Å². The molecule has 22 heavy (non-hydrogen) atoms. The average molecular weight is 327 g/mol. The highest BCUT2D eigenvalue weighted by atomic mass is 28.4. The fraction of sp³-hybridized carbons (Fsp3) is 0.800. The maximum absolute atomic E-state index is 11.9. The third-order valence-corrected chi connectivity index (χ3v) is 7.52. The first-order chi connectivity index (χ1) is 10.7. The second-order valence-corrected chi connectivity index (χ2v) is 8.52. The maximum Gasteiger partial charge on any atom is 0.532 e. The Morgan fingerprint density at radius 2 is 1.91 bits per heavy atom. The molecular formula is C15H25NO5Si. The molecule has 4 rings (SSSR count). The van der Waals surface area contributed by atoms with Crippen LogP contribution >= 0.6 is 0 Å². The van der Waals surface area contributed by atoms with Crippen molar-refractivity contribution in [1.82, 2.24) is 4.90 Å². The van der Waals surface area contributed by atoms with Crippen LogP contribution in [0.2, 0.25) is 0 Å². The molecule has 6 nitrogen and oxygen atoms in total. The van der Waals surface area contributed by atoms with Gasteiger partial charge in [0, 0.05) is 19.6 Å². The number of hydrogen-bond acceptors (Lipinski definition) is 6. The minimum absolute atomic E-state index is 0.0355. The highest BCUT2D eigenvalue weighted by Crippen LogP contribution is 2.33. The number of ether oxygens (including phenoxy) is 1. The fourth-order valence-electron chi connectivity index (χ4n) is 3.25. The van der Waals surface area contributed by atoms with Crippen LogP contribution < -0.4 is 0 Å². The van der Waals surface area contributed by atoms with E-state index in [2.05, 4.69) is 11.0 Å². The summed E-state index contributed by atoms with van der Waals surface area (Å²) in [6, 6.07) is 0. The molecule has 7 heteroatoms. The first-order valence-electron chi connectivity index (χ1n) is 8.24. The van der Waals surface area contributed by atoms with Gasteiger partial charge in [0.2, 0.25) is 0 Å². The van der Waals surface area contributed by atoms with Crippen molar-refractivity contribution in [3.05, 3.63) is 11.3 Å². The summed E-state index contributed by atoms with van der Waals surface area (Å²) < 4.78 is 23.4. The van der Waals surface area contributed by atoms with Crippen molar-refractivity contribution in [2.24, 2.45) is 5.92 Å². The third-order valence-electron chi connectivity index (χ3n) is 4.52. The predicted molar refractivity (Wildman–Crippen MR) is 82.1 cm³/mol. The lowest BCUT2D eigenvalue weighted by Gasteiger charge is -2.40. The second kappa shape index (κ2) is 7.23. The number of hydrogen-bond donors (Lipinski definition) is 0. The number of carbonyl (C=O) groups excluding carboxylic acids is 1. The van der Waals surface area contributed by atoms with Gasteiger partial charge < -0.3 is 18.0 Å². The molecule has 3 saturated heterocycles. The number of fused-ring (bicyclic) bond motifs is 6. The van der Waals surface area contributed by atoms with Crippen molar-refractivity contribution >= 4 is 14.8 Å². The highest BCUT2D eigenvalue weighted by Gasteiger charge is 2.48. The van der Waals surface area contributed by atoms with E-state index in [0.717, 1.165) is 37.7 Å². The van der Waals surface area contributed by atoms with Crippen molar-refractivity contribution in [3.8, 4) is 0 Å². The number of allylic oxidation sites excluding steroid dienone is 2. The topological polar surface area (TPSA) is 57.2 Å². The predicted octanol–water partition coefficient (Wildman–Crippen LogP) is 1.13. The molecule has 3 aliphatic heterocycles. The highest BCUT2D eigenvalue weighted by molar-refractivity contribution is 6.68. The Morgan fingerprint density at radius 3 is 2.41 bits per heavy atom. The van der Waals surface area contributed by atoms with Gasteiger partial charge in [-0.15, -0.1) is 0 Å². The summed E-state index contributed by atoms with van der Waals surface area (Å²) in [7, 11) is -2.73. The summed E-state index contributed by atoms with van der Waals surface area (Å²) in [5.74, 6) is -0.127. The van der Waals surface area contributed by atoms with E-state index in [1.54, 1.807) is 0 Å². The zero-order chi connectivity index (χ0) is 15.4. The maximum atomic E-state index is 11.9. The summed E-state index contributed by atoms with van der Waals surface area (Å²) in [4.78, 5) is 14.2. The Morgan fingerprint density at radius 1 is 1.27 bits per heavy atom. The van der Waals surface area contributed by atoms with Crippen LogP contribution in [-0.2, 0) is 22.8 Å². The van der Waals surface area contributed by atoms with E-state index in [-0.39, 0.29) is 11.9 Å². The summed E-state index contributed by atoms with van der Waals surface area (Å²) in [6.07, 6.45) is 4.41. The van der Waals surface area contributed by atoms with Crippen LogP contribution in [0.25, 0.3) is 0 Å². The van der Waals surface area contributed by atoms with E-state index in [0.29, 0.717) is 32.8 Å². The first-order valence-corrected chi connectivity index (χ1v) is 9.96. The third kappa shape index (κ3) is 3.43. The lowest BCUT2D eigenvalue weighted by molar-refractivity contribution is -0.148. The van der Waals surface area contributed by atoms with Gasteiger partial charge in [0.05, 0.1) is 32.3 Å². The Labute approximate surface area is 132 Å². The number of esters is 1. The molecule has 0 amide bonds. The molecule has 0 aromatic heterocycles. The number of carbonyl (C=O) groups is 1. The Bertz CT molecular complexity index is 415. The standard InChI is InChI=1S/C15H25NO5Si/c1-2-18-15(17)13-3-5-14(6-4-13)22-19-10-7-16(8-11-20-22)9-12-21-22/h5,13H,2-4,6-12H2,1H3. The van der Waals surface area contributed by atoms with Gasteiger partial charge in [-0.1, -0.05) is 6.08 Å². The van der Waals surface area contributed by atoms with Crippen molar-refractivity contribution in [1.29, 1.82) is 0 Å². The van der Waals surface area contributed by atoms with Gasteiger partial charge in [0.1, 0.15) is 0 Å². The molecule has 1 unspecified atom stereocenters. The van der Waals surface area contributed by atoms with E-state index < -0.39 is 8.80 Å². The Hall–Kier alpha value is -0.733. The molecule has 1 aliphatic carbocycles. The van der Waals surface area contributed by atoms with Crippen molar-refractivity contribution in [3.63, 3.8) is 0 Å². The molecule has 2 bridgehead atoms. The van der Waals surface area contributed by atoms with Crippen LogP contribution in [0.15, 0.2) is 11.3 Å². The quantitative estimate of drug-likeness (QED) is 0.572. The first kappa shape index (κ1) is 16.1. The molecule has 0 radical (unpaired) electrons. The smallest absolute Gasteiger partial charge is 0.466 e. The van der Waals surface area contributed by atoms with E-state index in [9.17, 15) is 4.79 Å². The summed E-state index contributed by atoms with van der Waals surface area (Å²) in [5.41, 5.74) is 0. The Kier molecular flexibility index (Phi) is 5.30. The normalized spacial score (nSPS) is 36.0. The van der Waals surface area contributed by atoms with Gasteiger partial charge in [-0.25, -0.2) is 0 Å². The molecule has 0 aromatic carbocycles. The molecule has 0 N–H and O–H groups in total. The molecule has 4 aliphatic rings. The largest absolute Gasteiger partial charge is 0.532 e. The molecule has 3 heterocycles. The minimum Gasteiger partial charge on any atom is -0.466 e. The van der Waals surface area contributed by atoms with Crippen LogP contribution in [-0.4, -0.2) is 65.7 Å². The second-order valence-electron chi connectivity index (χ2n) is 5.90. The summed E-state index contributed by atoms with van der Waals surface area (Å²) in [5, 5.41) is 1.16. The molecule has 3 fully saturated rings. The summed E-state index contributed by atoms with van der Waals surface area (Å²) in [6.45, 7) is 7.09. The number of rotatable bonds is 3. The monoisotopic (exact) mass is 327 g/mol. The minimum atomic E-state index is -2.73. The van der Waals surface area contributed by atoms with Gasteiger partial charge in [0.15, 0.2) is 0 Å². The van der Waals surface area contributed by atoms with Crippen molar-refractivity contribution in [2.75, 3.05) is 46.1 Å². The van der Waals surface area contributed by atoms with E-state index in [1.165, 1.54) is 0 Å². The van der Waals surface area contributed by atoms with Crippen LogP contribution in [0.3, 0.4) is 0 Å². The molecule has 0 saturated carbocycles. The van der Waals surface area contributed by atoms with Crippen molar-refractivity contribution in [2.45, 2.75) is 26.2 Å². The molecule has 124 valence electrons. The van der Waals surface area contributed by atoms with Crippen LogP contribution in [0, 0.1) is 5.92 Å². The Balaban J connectivity index is 1.70. The molecule has 1 atom stereocenters. The average Bonchev–Trinajstić information content (AvgIpc) is 2.46. The SMILES string of the molecule is CCOC(=O)C1CC=C([Si]23OCCN(CCO2)CCO3)CC1. The van der Waals surface area contributed by atoms with E-state index >= 15 is 0 Å². The van der Waals surface area contributed by atoms with Crippen molar-refractivity contribution < 1.29 is 22.8 Å². The molecular weight excluding hydrogens is 302 g/mol. The van der Waals surface area contributed by atoms with Gasteiger partial charge in [0.25, 0.3) is 0 Å². The lowest BCUT2D eigenvalue weighted by Crippen LogP contribution is -2.56. The molecule has 0 aromatic rings. The van der Waals surface area contributed by atoms with Gasteiger partial charge in [-0.3, -0.25) is 9.69 Å². The summed E-state index contributed by atoms with van der Waals surface area (Å²) >= 11 is 0. The number of nitrogens with zero attached hydrogens (tertiary/aromatic N) is 1.